The highest BCUT2D eigenvalue weighted by Crippen LogP contribution is 2.13. The van der Waals surface area contributed by atoms with Gasteiger partial charge in [0.15, 0.2) is 5.82 Å². The quantitative estimate of drug-likeness (QED) is 0.769. The average Bonchev–Trinajstić information content (AvgIpc) is 2.74. The van der Waals surface area contributed by atoms with Crippen LogP contribution in [0.3, 0.4) is 0 Å². The lowest BCUT2D eigenvalue weighted by Gasteiger charge is -2.22. The standard InChI is InChI=1S/C13H26N4O/c1-11(2)8-14-9-12-15-10-17(16-12)7-6-13(3,4)18-5/h10-11,14H,6-9H2,1-5H3. The van der Waals surface area contributed by atoms with Gasteiger partial charge in [0.2, 0.25) is 0 Å². The summed E-state index contributed by atoms with van der Waals surface area (Å²) in [5, 5.41) is 7.77. The van der Waals surface area contributed by atoms with Gasteiger partial charge >= 0.3 is 0 Å². The van der Waals surface area contributed by atoms with Crippen molar-refractivity contribution in [3.63, 3.8) is 0 Å². The highest BCUT2D eigenvalue weighted by atomic mass is 16.5. The molecule has 0 spiro atoms. The molecule has 5 heteroatoms. The Morgan fingerprint density at radius 2 is 2.17 bits per heavy atom. The largest absolute Gasteiger partial charge is 0.379 e. The third-order valence-corrected chi connectivity index (χ3v) is 2.92. The van der Waals surface area contributed by atoms with Gasteiger partial charge in [-0.2, -0.15) is 5.10 Å². The number of nitrogens with zero attached hydrogens (tertiary/aromatic N) is 3. The van der Waals surface area contributed by atoms with Gasteiger partial charge < -0.3 is 10.1 Å². The van der Waals surface area contributed by atoms with E-state index in [1.807, 2.05) is 4.68 Å². The van der Waals surface area contributed by atoms with Crippen molar-refractivity contribution in [2.24, 2.45) is 5.92 Å². The van der Waals surface area contributed by atoms with E-state index in [0.717, 1.165) is 31.9 Å². The maximum absolute atomic E-state index is 5.38. The first-order chi connectivity index (χ1) is 8.43. The maximum Gasteiger partial charge on any atom is 0.164 e. The van der Waals surface area contributed by atoms with E-state index in [9.17, 15) is 0 Å². The molecule has 0 aliphatic rings. The molecular weight excluding hydrogens is 228 g/mol. The molecule has 0 aliphatic heterocycles. The minimum Gasteiger partial charge on any atom is -0.379 e. The Balaban J connectivity index is 2.34. The van der Waals surface area contributed by atoms with Crippen LogP contribution in [0.4, 0.5) is 0 Å². The van der Waals surface area contributed by atoms with Crippen LogP contribution in [0.25, 0.3) is 0 Å². The van der Waals surface area contributed by atoms with E-state index in [-0.39, 0.29) is 5.60 Å². The lowest BCUT2D eigenvalue weighted by Crippen LogP contribution is -2.24. The summed E-state index contributed by atoms with van der Waals surface area (Å²) in [7, 11) is 1.74. The Hall–Kier alpha value is -0.940. The second kappa shape index (κ2) is 6.85. The maximum atomic E-state index is 5.38. The number of hydrogen-bond acceptors (Lipinski definition) is 4. The fourth-order valence-corrected chi connectivity index (χ4v) is 1.48. The molecule has 0 amide bonds. The van der Waals surface area contributed by atoms with Gasteiger partial charge in [0.25, 0.3) is 0 Å². The molecule has 0 radical (unpaired) electrons. The molecule has 0 saturated heterocycles. The Bertz CT molecular complexity index is 347. The van der Waals surface area contributed by atoms with E-state index in [1.165, 1.54) is 0 Å². The molecular formula is C13H26N4O. The molecule has 1 N–H and O–H groups in total. The Morgan fingerprint density at radius 3 is 2.78 bits per heavy atom. The Labute approximate surface area is 110 Å². The summed E-state index contributed by atoms with van der Waals surface area (Å²) in [6, 6.07) is 0. The molecule has 5 nitrogen and oxygen atoms in total. The second-order valence-corrected chi connectivity index (χ2v) is 5.66. The van der Waals surface area contributed by atoms with Crippen LogP contribution in [-0.2, 0) is 17.8 Å². The Morgan fingerprint density at radius 1 is 1.44 bits per heavy atom. The molecule has 104 valence electrons. The predicted molar refractivity (Wildman–Crippen MR) is 72.3 cm³/mol. The molecule has 0 atom stereocenters. The summed E-state index contributed by atoms with van der Waals surface area (Å²) < 4.78 is 7.27. The van der Waals surface area contributed by atoms with Crippen LogP contribution in [0.15, 0.2) is 6.33 Å². The zero-order valence-corrected chi connectivity index (χ0v) is 12.2. The highest BCUT2D eigenvalue weighted by Gasteiger charge is 2.16. The fraction of sp³-hybridized carbons (Fsp3) is 0.846. The summed E-state index contributed by atoms with van der Waals surface area (Å²) in [6.45, 7) is 11.1. The third kappa shape index (κ3) is 5.60. The summed E-state index contributed by atoms with van der Waals surface area (Å²) >= 11 is 0. The van der Waals surface area contributed by atoms with Crippen molar-refractivity contribution in [2.75, 3.05) is 13.7 Å². The Kier molecular flexibility index (Phi) is 5.75. The molecule has 0 aliphatic carbocycles. The van der Waals surface area contributed by atoms with Gasteiger partial charge in [0, 0.05) is 13.7 Å². The molecule has 1 aromatic heterocycles. The van der Waals surface area contributed by atoms with Crippen LogP contribution in [-0.4, -0.2) is 34.0 Å². The van der Waals surface area contributed by atoms with Crippen LogP contribution >= 0.6 is 0 Å². The van der Waals surface area contributed by atoms with Crippen molar-refractivity contribution in [2.45, 2.75) is 52.8 Å². The zero-order chi connectivity index (χ0) is 13.6. The van der Waals surface area contributed by atoms with Gasteiger partial charge in [-0.25, -0.2) is 4.98 Å². The van der Waals surface area contributed by atoms with Crippen molar-refractivity contribution >= 4 is 0 Å². The number of nitrogens with one attached hydrogen (secondary N) is 1. The third-order valence-electron chi connectivity index (χ3n) is 2.92. The van der Waals surface area contributed by atoms with E-state index in [4.69, 9.17) is 4.74 Å². The van der Waals surface area contributed by atoms with E-state index >= 15 is 0 Å². The summed E-state index contributed by atoms with van der Waals surface area (Å²) in [4.78, 5) is 4.29. The minimum absolute atomic E-state index is 0.109. The van der Waals surface area contributed by atoms with Crippen LogP contribution in [0, 0.1) is 5.92 Å². The molecule has 0 aromatic carbocycles. The lowest BCUT2D eigenvalue weighted by atomic mass is 10.1. The first-order valence-corrected chi connectivity index (χ1v) is 6.57. The topological polar surface area (TPSA) is 52.0 Å². The smallest absolute Gasteiger partial charge is 0.164 e. The summed E-state index contributed by atoms with van der Waals surface area (Å²) in [5.41, 5.74) is -0.109. The van der Waals surface area contributed by atoms with Crippen molar-refractivity contribution in [3.05, 3.63) is 12.2 Å². The van der Waals surface area contributed by atoms with Gasteiger partial charge in [-0.1, -0.05) is 13.8 Å². The molecule has 0 bridgehead atoms. The van der Waals surface area contributed by atoms with Gasteiger partial charge in [0.1, 0.15) is 6.33 Å². The molecule has 0 saturated carbocycles. The average molecular weight is 254 g/mol. The number of aromatic nitrogens is 3. The molecule has 1 aromatic rings. The minimum atomic E-state index is -0.109. The predicted octanol–water partition coefficient (Wildman–Crippen LogP) is 1.84. The van der Waals surface area contributed by atoms with Crippen LogP contribution in [0.1, 0.15) is 39.9 Å². The van der Waals surface area contributed by atoms with E-state index in [0.29, 0.717) is 5.92 Å². The number of ether oxygens (including phenoxy) is 1. The lowest BCUT2D eigenvalue weighted by molar-refractivity contribution is 0.0113. The zero-order valence-electron chi connectivity index (χ0n) is 12.2. The number of methoxy groups -OCH3 is 1. The van der Waals surface area contributed by atoms with Gasteiger partial charge in [-0.3, -0.25) is 4.68 Å². The highest BCUT2D eigenvalue weighted by molar-refractivity contribution is 4.81. The molecule has 18 heavy (non-hydrogen) atoms. The van der Waals surface area contributed by atoms with Crippen molar-refractivity contribution in [1.29, 1.82) is 0 Å². The fourth-order valence-electron chi connectivity index (χ4n) is 1.48. The summed E-state index contributed by atoms with van der Waals surface area (Å²) in [6.07, 6.45) is 2.71. The first kappa shape index (κ1) is 15.1. The van der Waals surface area contributed by atoms with Gasteiger partial charge in [-0.15, -0.1) is 0 Å². The SMILES string of the molecule is COC(C)(C)CCn1cnc(CNCC(C)C)n1. The number of hydrogen-bond donors (Lipinski definition) is 1. The molecule has 1 heterocycles. The number of aryl methyl sites for hydroxylation is 1. The monoisotopic (exact) mass is 254 g/mol. The molecule has 0 fully saturated rings. The second-order valence-electron chi connectivity index (χ2n) is 5.66. The summed E-state index contributed by atoms with van der Waals surface area (Å²) in [5.74, 6) is 1.50. The molecule has 0 unspecified atom stereocenters. The normalized spacial score (nSPS) is 12.3. The van der Waals surface area contributed by atoms with E-state index in [2.05, 4.69) is 43.1 Å². The van der Waals surface area contributed by atoms with Crippen LogP contribution in [0.5, 0.6) is 0 Å². The number of rotatable bonds is 8. The van der Waals surface area contributed by atoms with Crippen LogP contribution < -0.4 is 5.32 Å². The van der Waals surface area contributed by atoms with Crippen molar-refractivity contribution in [3.8, 4) is 0 Å². The van der Waals surface area contributed by atoms with Gasteiger partial charge in [0.05, 0.1) is 12.1 Å². The van der Waals surface area contributed by atoms with E-state index < -0.39 is 0 Å². The molecule has 1 rings (SSSR count). The van der Waals surface area contributed by atoms with Gasteiger partial charge in [-0.05, 0) is 32.7 Å². The van der Waals surface area contributed by atoms with Crippen LogP contribution in [0.2, 0.25) is 0 Å². The first-order valence-electron chi connectivity index (χ1n) is 6.57. The van der Waals surface area contributed by atoms with Crippen molar-refractivity contribution < 1.29 is 4.74 Å². The van der Waals surface area contributed by atoms with E-state index in [1.54, 1.807) is 13.4 Å². The van der Waals surface area contributed by atoms with Crippen molar-refractivity contribution in [1.82, 2.24) is 20.1 Å².